The molecular formula is C17H15NO3S2. The summed E-state index contributed by atoms with van der Waals surface area (Å²) in [7, 11) is 1.55. The Balaban J connectivity index is 2.26. The molecule has 6 heteroatoms. The molecule has 1 fully saturated rings. The summed E-state index contributed by atoms with van der Waals surface area (Å²) in [6.45, 7) is 4.20. The largest absolute Gasteiger partial charge is 0.493 e. The molecule has 1 aromatic rings. The highest BCUT2D eigenvalue weighted by Gasteiger charge is 2.30. The van der Waals surface area contributed by atoms with Crippen LogP contribution in [-0.2, 0) is 4.79 Å². The second-order valence-corrected chi connectivity index (χ2v) is 6.16. The molecule has 0 bridgehead atoms. The fourth-order valence-corrected chi connectivity index (χ4v) is 3.23. The van der Waals surface area contributed by atoms with Crippen molar-refractivity contribution >= 4 is 40.3 Å². The number of rotatable bonds is 6. The van der Waals surface area contributed by atoms with Crippen LogP contribution in [0, 0.1) is 12.3 Å². The molecule has 4 nitrogen and oxygen atoms in total. The quantitative estimate of drug-likeness (QED) is 0.343. The Morgan fingerprint density at radius 2 is 2.26 bits per heavy atom. The molecule has 1 aliphatic heterocycles. The first-order chi connectivity index (χ1) is 11.1. The lowest BCUT2D eigenvalue weighted by atomic mass is 10.2. The Hall–Kier alpha value is -2.23. The minimum absolute atomic E-state index is 0.119. The normalized spacial score (nSPS) is 15.7. The van der Waals surface area contributed by atoms with E-state index in [4.69, 9.17) is 28.1 Å². The number of amides is 1. The lowest BCUT2D eigenvalue weighted by Gasteiger charge is -2.10. The molecule has 118 valence electrons. The van der Waals surface area contributed by atoms with E-state index >= 15 is 0 Å². The number of terminal acetylenes is 1. The molecule has 23 heavy (non-hydrogen) atoms. The molecule has 1 heterocycles. The number of carbonyl (C=O) groups is 1. The van der Waals surface area contributed by atoms with Crippen molar-refractivity contribution in [2.24, 2.45) is 0 Å². The second-order valence-electron chi connectivity index (χ2n) is 4.48. The van der Waals surface area contributed by atoms with Crippen LogP contribution < -0.4 is 9.47 Å². The van der Waals surface area contributed by atoms with Gasteiger partial charge in [0.25, 0.3) is 5.91 Å². The maximum atomic E-state index is 12.3. The van der Waals surface area contributed by atoms with Crippen molar-refractivity contribution in [3.8, 4) is 23.8 Å². The summed E-state index contributed by atoms with van der Waals surface area (Å²) in [5.74, 6) is 3.39. The molecule has 0 saturated carbocycles. The van der Waals surface area contributed by atoms with E-state index in [-0.39, 0.29) is 12.5 Å². The maximum absolute atomic E-state index is 12.3. The van der Waals surface area contributed by atoms with Crippen molar-refractivity contribution in [1.82, 2.24) is 4.90 Å². The van der Waals surface area contributed by atoms with Gasteiger partial charge in [-0.3, -0.25) is 9.69 Å². The predicted molar refractivity (Wildman–Crippen MR) is 97.4 cm³/mol. The summed E-state index contributed by atoms with van der Waals surface area (Å²) in [5.41, 5.74) is 0.814. The van der Waals surface area contributed by atoms with Crippen LogP contribution in [-0.4, -0.2) is 35.4 Å². The average molecular weight is 345 g/mol. The summed E-state index contributed by atoms with van der Waals surface area (Å²) in [5, 5.41) is 0. The van der Waals surface area contributed by atoms with E-state index in [1.54, 1.807) is 31.4 Å². The summed E-state index contributed by atoms with van der Waals surface area (Å²) < 4.78 is 11.2. The first-order valence-electron chi connectivity index (χ1n) is 6.71. The molecule has 0 atom stereocenters. The molecule has 0 aliphatic carbocycles. The van der Waals surface area contributed by atoms with Crippen LogP contribution in [0.25, 0.3) is 6.08 Å². The van der Waals surface area contributed by atoms with Crippen LogP contribution in [0.3, 0.4) is 0 Å². The third-order valence-electron chi connectivity index (χ3n) is 2.98. The number of hydrogen-bond donors (Lipinski definition) is 0. The molecule has 0 unspecified atom stereocenters. The lowest BCUT2D eigenvalue weighted by Crippen LogP contribution is -2.27. The Kier molecular flexibility index (Phi) is 5.85. The Labute approximate surface area is 145 Å². The smallest absolute Gasteiger partial charge is 0.266 e. The van der Waals surface area contributed by atoms with Gasteiger partial charge in [-0.1, -0.05) is 42.0 Å². The van der Waals surface area contributed by atoms with Gasteiger partial charge in [-0.2, -0.15) is 0 Å². The Morgan fingerprint density at radius 1 is 1.48 bits per heavy atom. The number of carbonyl (C=O) groups excluding carboxylic acids is 1. The third kappa shape index (κ3) is 3.95. The van der Waals surface area contributed by atoms with Crippen molar-refractivity contribution in [3.05, 3.63) is 41.3 Å². The number of nitrogens with zero attached hydrogens (tertiary/aromatic N) is 1. The van der Waals surface area contributed by atoms with Crippen LogP contribution in [0.2, 0.25) is 0 Å². The summed E-state index contributed by atoms with van der Waals surface area (Å²) >= 11 is 6.48. The number of thiocarbonyl (C=S) groups is 1. The average Bonchev–Trinajstić information content (AvgIpc) is 2.81. The molecule has 0 aromatic heterocycles. The van der Waals surface area contributed by atoms with Gasteiger partial charge < -0.3 is 9.47 Å². The number of hydrogen-bond acceptors (Lipinski definition) is 5. The van der Waals surface area contributed by atoms with Crippen LogP contribution in [0.1, 0.15) is 5.56 Å². The number of methoxy groups -OCH3 is 1. The van der Waals surface area contributed by atoms with Crippen LogP contribution >= 0.6 is 24.0 Å². The van der Waals surface area contributed by atoms with E-state index in [0.717, 1.165) is 5.56 Å². The Morgan fingerprint density at radius 3 is 2.91 bits per heavy atom. The first-order valence-corrected chi connectivity index (χ1v) is 7.93. The molecule has 1 aliphatic rings. The molecule has 1 amide bonds. The van der Waals surface area contributed by atoms with Gasteiger partial charge >= 0.3 is 0 Å². The standard InChI is InChI=1S/C17H15NO3S2/c1-4-8-18-16(19)15(23-17(18)22)11-12-6-7-13(21-9-5-2)14(10-12)20-3/h2,4,6-7,10-11H,1,8-9H2,3H3/b15-11+. The van der Waals surface area contributed by atoms with Crippen molar-refractivity contribution < 1.29 is 14.3 Å². The highest BCUT2D eigenvalue weighted by molar-refractivity contribution is 8.26. The lowest BCUT2D eigenvalue weighted by molar-refractivity contribution is -0.121. The monoisotopic (exact) mass is 345 g/mol. The summed E-state index contributed by atoms with van der Waals surface area (Å²) in [6, 6.07) is 5.37. The summed E-state index contributed by atoms with van der Waals surface area (Å²) in [4.78, 5) is 14.4. The van der Waals surface area contributed by atoms with Crippen molar-refractivity contribution in [2.75, 3.05) is 20.3 Å². The fraction of sp³-hybridized carbons (Fsp3) is 0.176. The first kappa shape index (κ1) is 17.1. The topological polar surface area (TPSA) is 38.8 Å². The van der Waals surface area contributed by atoms with Gasteiger partial charge in [0.1, 0.15) is 10.9 Å². The molecule has 2 rings (SSSR count). The molecular weight excluding hydrogens is 330 g/mol. The van der Waals surface area contributed by atoms with Crippen molar-refractivity contribution in [1.29, 1.82) is 0 Å². The predicted octanol–water partition coefficient (Wildman–Crippen LogP) is 3.09. The molecule has 0 N–H and O–H groups in total. The van der Waals surface area contributed by atoms with Gasteiger partial charge in [-0.05, 0) is 23.8 Å². The summed E-state index contributed by atoms with van der Waals surface area (Å²) in [6.07, 6.45) is 8.60. The number of benzene rings is 1. The maximum Gasteiger partial charge on any atom is 0.266 e. The zero-order valence-corrected chi connectivity index (χ0v) is 14.2. The third-order valence-corrected chi connectivity index (χ3v) is 4.36. The zero-order chi connectivity index (χ0) is 16.8. The van der Waals surface area contributed by atoms with Gasteiger partial charge in [0.15, 0.2) is 11.5 Å². The highest BCUT2D eigenvalue weighted by atomic mass is 32.2. The molecule has 0 radical (unpaired) electrons. The molecule has 1 aromatic carbocycles. The zero-order valence-electron chi connectivity index (χ0n) is 12.6. The van der Waals surface area contributed by atoms with Gasteiger partial charge in [-0.15, -0.1) is 13.0 Å². The Bertz CT molecular complexity index is 719. The van der Waals surface area contributed by atoms with E-state index in [9.17, 15) is 4.79 Å². The van der Waals surface area contributed by atoms with Gasteiger partial charge in [0.05, 0.1) is 12.0 Å². The van der Waals surface area contributed by atoms with E-state index in [0.29, 0.717) is 27.3 Å². The minimum atomic E-state index is -0.119. The van der Waals surface area contributed by atoms with Crippen LogP contribution in [0.15, 0.2) is 35.8 Å². The van der Waals surface area contributed by atoms with Crippen LogP contribution in [0.4, 0.5) is 0 Å². The van der Waals surface area contributed by atoms with Crippen LogP contribution in [0.5, 0.6) is 11.5 Å². The van der Waals surface area contributed by atoms with Gasteiger partial charge in [-0.25, -0.2) is 0 Å². The van der Waals surface area contributed by atoms with Gasteiger partial charge in [0.2, 0.25) is 0 Å². The number of thioether (sulfide) groups is 1. The van der Waals surface area contributed by atoms with E-state index in [1.807, 2.05) is 6.07 Å². The van der Waals surface area contributed by atoms with Crippen molar-refractivity contribution in [3.63, 3.8) is 0 Å². The fourth-order valence-electron chi connectivity index (χ4n) is 1.95. The van der Waals surface area contributed by atoms with Gasteiger partial charge in [0, 0.05) is 6.54 Å². The molecule has 1 saturated heterocycles. The second kappa shape index (κ2) is 7.86. The number of ether oxygens (including phenoxy) is 2. The minimum Gasteiger partial charge on any atom is -0.493 e. The van der Waals surface area contributed by atoms with Crippen molar-refractivity contribution in [2.45, 2.75) is 0 Å². The van der Waals surface area contributed by atoms with E-state index < -0.39 is 0 Å². The SMILES string of the molecule is C#CCOc1ccc(/C=C2/SC(=S)N(CC=C)C2=O)cc1OC. The molecule has 0 spiro atoms. The van der Waals surface area contributed by atoms with E-state index in [2.05, 4.69) is 12.5 Å². The van der Waals surface area contributed by atoms with E-state index in [1.165, 1.54) is 16.7 Å². The highest BCUT2D eigenvalue weighted by Crippen LogP contribution is 2.34.